The molecule has 0 aliphatic carbocycles. The highest BCUT2D eigenvalue weighted by molar-refractivity contribution is 5.87. The molecule has 1 fully saturated rings. The van der Waals surface area contributed by atoms with Gasteiger partial charge in [0.25, 0.3) is 0 Å². The second-order valence-corrected chi connectivity index (χ2v) is 6.56. The Balaban J connectivity index is 1.77. The molecular formula is C18H17F2N5O2. The van der Waals surface area contributed by atoms with Gasteiger partial charge < -0.3 is 4.90 Å². The van der Waals surface area contributed by atoms with E-state index in [0.717, 1.165) is 29.5 Å². The molecular weight excluding hydrogens is 356 g/mol. The van der Waals surface area contributed by atoms with E-state index in [1.54, 1.807) is 11.9 Å². The zero-order chi connectivity index (χ0) is 19.1. The van der Waals surface area contributed by atoms with Gasteiger partial charge in [0.1, 0.15) is 23.0 Å². The number of aryl methyl sites for hydroxylation is 1. The van der Waals surface area contributed by atoms with Crippen molar-refractivity contribution >= 4 is 17.2 Å². The van der Waals surface area contributed by atoms with Crippen LogP contribution in [0.3, 0.4) is 0 Å². The summed E-state index contributed by atoms with van der Waals surface area (Å²) in [5, 5.41) is 0. The molecule has 7 nitrogen and oxygen atoms in total. The molecule has 0 atom stereocenters. The van der Waals surface area contributed by atoms with E-state index in [2.05, 4.69) is 9.97 Å². The first-order valence-electron chi connectivity index (χ1n) is 8.62. The molecule has 0 N–H and O–H groups in total. The van der Waals surface area contributed by atoms with Gasteiger partial charge in [0.15, 0.2) is 5.65 Å². The van der Waals surface area contributed by atoms with E-state index >= 15 is 0 Å². The molecule has 3 aromatic rings. The Morgan fingerprint density at radius 2 is 1.96 bits per heavy atom. The fourth-order valence-corrected chi connectivity index (χ4v) is 3.29. The van der Waals surface area contributed by atoms with Gasteiger partial charge in [-0.05, 0) is 24.5 Å². The summed E-state index contributed by atoms with van der Waals surface area (Å²) in [6, 6.07) is 2.86. The summed E-state index contributed by atoms with van der Waals surface area (Å²) in [5.41, 5.74) is 0.329. The number of aromatic nitrogens is 4. The first-order chi connectivity index (χ1) is 13.0. The van der Waals surface area contributed by atoms with E-state index in [9.17, 15) is 18.4 Å². The number of hydrogen-bond acceptors (Lipinski definition) is 4. The number of fused-ring (bicyclic) bond motifs is 1. The van der Waals surface area contributed by atoms with Crippen molar-refractivity contribution < 1.29 is 13.6 Å². The van der Waals surface area contributed by atoms with Gasteiger partial charge in [-0.1, -0.05) is 6.07 Å². The van der Waals surface area contributed by atoms with E-state index in [-0.39, 0.29) is 23.5 Å². The molecule has 1 aliphatic heterocycles. The fourth-order valence-electron chi connectivity index (χ4n) is 3.29. The molecule has 4 rings (SSSR count). The third-order valence-corrected chi connectivity index (χ3v) is 4.78. The zero-order valence-electron chi connectivity index (χ0n) is 14.7. The number of halogens is 2. The van der Waals surface area contributed by atoms with E-state index < -0.39 is 23.4 Å². The van der Waals surface area contributed by atoms with Crippen LogP contribution >= 0.6 is 0 Å². The van der Waals surface area contributed by atoms with Crippen LogP contribution in [0.2, 0.25) is 0 Å². The summed E-state index contributed by atoms with van der Waals surface area (Å²) in [7, 11) is 1.54. The van der Waals surface area contributed by atoms with Crippen molar-refractivity contribution in [1.29, 1.82) is 0 Å². The molecule has 9 heteroatoms. The molecule has 1 saturated heterocycles. The van der Waals surface area contributed by atoms with Crippen LogP contribution in [0.5, 0.6) is 0 Å². The second-order valence-electron chi connectivity index (χ2n) is 6.56. The van der Waals surface area contributed by atoms with Crippen molar-refractivity contribution in [2.24, 2.45) is 7.05 Å². The summed E-state index contributed by atoms with van der Waals surface area (Å²) in [5.74, 6) is -1.13. The van der Waals surface area contributed by atoms with E-state index in [0.29, 0.717) is 18.6 Å². The first-order valence-corrected chi connectivity index (χ1v) is 8.62. The number of benzene rings is 1. The Bertz CT molecular complexity index is 1100. The summed E-state index contributed by atoms with van der Waals surface area (Å²) < 4.78 is 29.3. The summed E-state index contributed by atoms with van der Waals surface area (Å²) in [6.07, 6.45) is 3.25. The van der Waals surface area contributed by atoms with Crippen molar-refractivity contribution in [3.8, 4) is 0 Å². The summed E-state index contributed by atoms with van der Waals surface area (Å²) >= 11 is 0. The fraction of sp³-hybridized carbons (Fsp3) is 0.333. The quantitative estimate of drug-likeness (QED) is 0.689. The Morgan fingerprint density at radius 3 is 2.67 bits per heavy atom. The minimum Gasteiger partial charge on any atom is -0.324 e. The van der Waals surface area contributed by atoms with Crippen molar-refractivity contribution in [2.45, 2.75) is 19.3 Å². The van der Waals surface area contributed by atoms with Gasteiger partial charge >= 0.3 is 11.7 Å². The largest absolute Gasteiger partial charge is 0.338 e. The Labute approximate surface area is 152 Å². The van der Waals surface area contributed by atoms with Crippen LogP contribution in [0.1, 0.15) is 24.2 Å². The van der Waals surface area contributed by atoms with Crippen molar-refractivity contribution in [3.63, 3.8) is 0 Å². The average molecular weight is 373 g/mol. The van der Waals surface area contributed by atoms with E-state index in [1.807, 2.05) is 0 Å². The number of rotatable bonds is 2. The number of carbonyl (C=O) groups excluding carboxylic acids is 1. The zero-order valence-corrected chi connectivity index (χ0v) is 14.7. The number of likely N-dealkylation sites (tertiary alicyclic amines) is 1. The van der Waals surface area contributed by atoms with Crippen LogP contribution in [-0.4, -0.2) is 43.1 Å². The van der Waals surface area contributed by atoms with Gasteiger partial charge in [-0.3, -0.25) is 4.57 Å². The monoisotopic (exact) mass is 373 g/mol. The van der Waals surface area contributed by atoms with Gasteiger partial charge in [0.05, 0.1) is 6.20 Å². The molecule has 3 heterocycles. The molecule has 0 unspecified atom stereocenters. The van der Waals surface area contributed by atoms with Crippen LogP contribution in [0.25, 0.3) is 11.2 Å². The number of nitrogens with zero attached hydrogens (tertiary/aromatic N) is 5. The van der Waals surface area contributed by atoms with Crippen LogP contribution in [-0.2, 0) is 13.5 Å². The molecule has 140 valence electrons. The van der Waals surface area contributed by atoms with Crippen LogP contribution in [0, 0.1) is 11.6 Å². The highest BCUT2D eigenvalue weighted by atomic mass is 19.1. The van der Waals surface area contributed by atoms with Gasteiger partial charge in [-0.2, -0.15) is 4.57 Å². The maximum Gasteiger partial charge on any atom is 0.338 e. The Morgan fingerprint density at radius 1 is 1.22 bits per heavy atom. The maximum atomic E-state index is 13.9. The van der Waals surface area contributed by atoms with Crippen LogP contribution in [0.15, 0.2) is 29.2 Å². The average Bonchev–Trinajstić information content (AvgIpc) is 3.25. The number of hydrogen-bond donors (Lipinski definition) is 0. The second kappa shape index (κ2) is 6.57. The van der Waals surface area contributed by atoms with Crippen molar-refractivity contribution in [3.05, 3.63) is 57.9 Å². The topological polar surface area (TPSA) is 73.0 Å². The standard InChI is InChI=1S/C18H17F2N5O2/c1-23-14-10-21-15(8-11-4-5-12(19)9-13(11)20)22-16(14)25(17(23)26)18(27)24-6-2-3-7-24/h4-5,9-10H,2-3,6-8H2,1H3. The maximum absolute atomic E-state index is 13.9. The van der Waals surface area contributed by atoms with Gasteiger partial charge in [-0.15, -0.1) is 0 Å². The van der Waals surface area contributed by atoms with E-state index in [1.165, 1.54) is 16.8 Å². The van der Waals surface area contributed by atoms with Crippen molar-refractivity contribution in [2.75, 3.05) is 13.1 Å². The molecule has 1 amide bonds. The third-order valence-electron chi connectivity index (χ3n) is 4.78. The number of imidazole rings is 1. The summed E-state index contributed by atoms with van der Waals surface area (Å²) in [4.78, 5) is 35.4. The number of amides is 1. The molecule has 2 aromatic heterocycles. The highest BCUT2D eigenvalue weighted by Gasteiger charge is 2.25. The van der Waals surface area contributed by atoms with Crippen LogP contribution in [0.4, 0.5) is 13.6 Å². The number of carbonyl (C=O) groups is 1. The SMILES string of the molecule is Cn1c(=O)n(C(=O)N2CCCC2)c2nc(Cc3ccc(F)cc3F)ncc21. The van der Waals surface area contributed by atoms with Gasteiger partial charge in [-0.25, -0.2) is 28.3 Å². The Kier molecular flexibility index (Phi) is 4.21. The lowest BCUT2D eigenvalue weighted by atomic mass is 10.1. The molecule has 0 saturated carbocycles. The predicted octanol–water partition coefficient (Wildman–Crippen LogP) is 2.06. The lowest BCUT2D eigenvalue weighted by molar-refractivity contribution is 0.210. The van der Waals surface area contributed by atoms with Crippen LogP contribution < -0.4 is 5.69 Å². The molecule has 27 heavy (non-hydrogen) atoms. The molecule has 1 aromatic carbocycles. The minimum atomic E-state index is -0.697. The lowest BCUT2D eigenvalue weighted by Gasteiger charge is -2.14. The highest BCUT2D eigenvalue weighted by Crippen LogP contribution is 2.16. The molecule has 0 spiro atoms. The van der Waals surface area contributed by atoms with Gasteiger partial charge in [0.2, 0.25) is 0 Å². The molecule has 1 aliphatic rings. The summed E-state index contributed by atoms with van der Waals surface area (Å²) in [6.45, 7) is 1.20. The van der Waals surface area contributed by atoms with Crippen molar-refractivity contribution in [1.82, 2.24) is 24.0 Å². The van der Waals surface area contributed by atoms with E-state index in [4.69, 9.17) is 0 Å². The molecule has 0 bridgehead atoms. The van der Waals surface area contributed by atoms with Gasteiger partial charge in [0, 0.05) is 32.6 Å². The normalized spacial score (nSPS) is 14.3. The lowest BCUT2D eigenvalue weighted by Crippen LogP contribution is -2.38. The predicted molar refractivity (Wildman–Crippen MR) is 93.5 cm³/mol. The smallest absolute Gasteiger partial charge is 0.324 e. The molecule has 0 radical (unpaired) electrons. The first kappa shape index (κ1) is 17.3. The third kappa shape index (κ3) is 2.98. The Hall–Kier alpha value is -3.10. The minimum absolute atomic E-state index is 0.0169.